The first-order chi connectivity index (χ1) is 6.79. The van der Waals surface area contributed by atoms with E-state index in [2.05, 4.69) is 12.2 Å². The Morgan fingerprint density at radius 3 is 2.93 bits per heavy atom. The van der Waals surface area contributed by atoms with E-state index in [1.807, 2.05) is 0 Å². The molecular formula is C11H21NO2. The van der Waals surface area contributed by atoms with Crippen molar-refractivity contribution in [2.24, 2.45) is 11.8 Å². The lowest BCUT2D eigenvalue weighted by atomic mass is 9.84. The van der Waals surface area contributed by atoms with Crippen LogP contribution >= 0.6 is 0 Å². The number of hydrogen-bond acceptors (Lipinski definition) is 3. The van der Waals surface area contributed by atoms with E-state index in [1.54, 1.807) is 0 Å². The van der Waals surface area contributed by atoms with Crippen molar-refractivity contribution < 1.29 is 9.53 Å². The third kappa shape index (κ3) is 2.98. The highest BCUT2D eigenvalue weighted by molar-refractivity contribution is 5.72. The normalized spacial score (nSPS) is 25.1. The molecule has 0 aromatic carbocycles. The fourth-order valence-electron chi connectivity index (χ4n) is 2.29. The average Bonchev–Trinajstić information content (AvgIpc) is 2.47. The van der Waals surface area contributed by atoms with Gasteiger partial charge in [0.15, 0.2) is 0 Å². The summed E-state index contributed by atoms with van der Waals surface area (Å²) in [5.74, 6) is 0.599. The molecule has 1 saturated heterocycles. The van der Waals surface area contributed by atoms with Gasteiger partial charge >= 0.3 is 5.97 Å². The molecule has 2 unspecified atom stereocenters. The van der Waals surface area contributed by atoms with E-state index in [9.17, 15) is 4.79 Å². The molecule has 1 aliphatic heterocycles. The highest BCUT2D eigenvalue weighted by atomic mass is 16.5. The molecule has 0 bridgehead atoms. The van der Waals surface area contributed by atoms with Gasteiger partial charge in [0, 0.05) is 0 Å². The predicted octanol–water partition coefficient (Wildman–Crippen LogP) is 1.58. The largest absolute Gasteiger partial charge is 0.469 e. The van der Waals surface area contributed by atoms with Gasteiger partial charge in [-0.15, -0.1) is 0 Å². The van der Waals surface area contributed by atoms with Crippen LogP contribution in [0.4, 0.5) is 0 Å². The summed E-state index contributed by atoms with van der Waals surface area (Å²) in [5.41, 5.74) is 0. The molecule has 3 nitrogen and oxygen atoms in total. The molecule has 1 fully saturated rings. The van der Waals surface area contributed by atoms with Crippen molar-refractivity contribution in [1.29, 1.82) is 0 Å². The van der Waals surface area contributed by atoms with Crippen LogP contribution in [0.2, 0.25) is 0 Å². The van der Waals surface area contributed by atoms with Gasteiger partial charge in [0.2, 0.25) is 0 Å². The van der Waals surface area contributed by atoms with E-state index in [4.69, 9.17) is 4.74 Å². The van der Waals surface area contributed by atoms with Crippen LogP contribution in [-0.4, -0.2) is 26.2 Å². The molecule has 14 heavy (non-hydrogen) atoms. The van der Waals surface area contributed by atoms with Crippen LogP contribution in [0.15, 0.2) is 0 Å². The summed E-state index contributed by atoms with van der Waals surface area (Å²) in [6.07, 6.45) is 4.34. The van der Waals surface area contributed by atoms with Gasteiger partial charge in [0.05, 0.1) is 13.0 Å². The summed E-state index contributed by atoms with van der Waals surface area (Å²) in [4.78, 5) is 11.5. The maximum absolute atomic E-state index is 11.5. The summed E-state index contributed by atoms with van der Waals surface area (Å²) < 4.78 is 4.84. The first kappa shape index (κ1) is 11.5. The lowest BCUT2D eigenvalue weighted by molar-refractivity contribution is -0.147. The summed E-state index contributed by atoms with van der Waals surface area (Å²) in [6, 6.07) is 0. The standard InChI is InChI=1S/C11H21NO2/c1-3-10(11(13)14-2)9-5-4-7-12-8-6-9/h9-10,12H,3-8H2,1-2H3. The molecule has 1 N–H and O–H groups in total. The van der Waals surface area contributed by atoms with Crippen LogP contribution in [0.25, 0.3) is 0 Å². The third-order valence-corrected chi connectivity index (χ3v) is 3.13. The van der Waals surface area contributed by atoms with Crippen molar-refractivity contribution >= 4 is 5.97 Å². The average molecular weight is 199 g/mol. The number of nitrogens with one attached hydrogen (secondary N) is 1. The lowest BCUT2D eigenvalue weighted by Crippen LogP contribution is -2.25. The number of methoxy groups -OCH3 is 1. The molecule has 2 atom stereocenters. The van der Waals surface area contributed by atoms with E-state index in [0.29, 0.717) is 5.92 Å². The van der Waals surface area contributed by atoms with Gasteiger partial charge in [-0.25, -0.2) is 0 Å². The van der Waals surface area contributed by atoms with Gasteiger partial charge in [-0.3, -0.25) is 4.79 Å². The second-order valence-corrected chi connectivity index (χ2v) is 3.98. The Bertz CT molecular complexity index is 174. The van der Waals surface area contributed by atoms with Crippen molar-refractivity contribution in [2.75, 3.05) is 20.2 Å². The van der Waals surface area contributed by atoms with Gasteiger partial charge in [0.1, 0.15) is 0 Å². The van der Waals surface area contributed by atoms with Crippen LogP contribution in [0.3, 0.4) is 0 Å². The number of esters is 1. The zero-order valence-corrected chi connectivity index (χ0v) is 9.21. The SMILES string of the molecule is CCC(C(=O)OC)C1CCCNCC1. The van der Waals surface area contributed by atoms with Crippen LogP contribution in [0, 0.1) is 11.8 Å². The van der Waals surface area contributed by atoms with E-state index in [0.717, 1.165) is 32.4 Å². The van der Waals surface area contributed by atoms with E-state index in [-0.39, 0.29) is 11.9 Å². The second-order valence-electron chi connectivity index (χ2n) is 3.98. The predicted molar refractivity (Wildman–Crippen MR) is 56.0 cm³/mol. The Morgan fingerprint density at radius 2 is 2.29 bits per heavy atom. The molecule has 0 saturated carbocycles. The Labute approximate surface area is 86.2 Å². The summed E-state index contributed by atoms with van der Waals surface area (Å²) in [5, 5.41) is 3.36. The topological polar surface area (TPSA) is 38.3 Å². The Morgan fingerprint density at radius 1 is 1.50 bits per heavy atom. The summed E-state index contributed by atoms with van der Waals surface area (Å²) in [7, 11) is 1.49. The molecule has 0 aromatic rings. The van der Waals surface area contributed by atoms with Gasteiger partial charge in [-0.2, -0.15) is 0 Å². The van der Waals surface area contributed by atoms with Crippen molar-refractivity contribution in [3.8, 4) is 0 Å². The van der Waals surface area contributed by atoms with Gasteiger partial charge in [0.25, 0.3) is 0 Å². The Hall–Kier alpha value is -0.570. The fourth-order valence-corrected chi connectivity index (χ4v) is 2.29. The van der Waals surface area contributed by atoms with Gasteiger partial charge in [-0.1, -0.05) is 6.92 Å². The number of carbonyl (C=O) groups is 1. The number of ether oxygens (including phenoxy) is 1. The molecule has 1 rings (SSSR count). The molecule has 82 valence electrons. The number of rotatable bonds is 3. The monoisotopic (exact) mass is 199 g/mol. The highest BCUT2D eigenvalue weighted by Crippen LogP contribution is 2.26. The molecular weight excluding hydrogens is 178 g/mol. The van der Waals surface area contributed by atoms with Crippen molar-refractivity contribution in [3.05, 3.63) is 0 Å². The molecule has 1 heterocycles. The van der Waals surface area contributed by atoms with Crippen molar-refractivity contribution in [3.63, 3.8) is 0 Å². The van der Waals surface area contributed by atoms with E-state index < -0.39 is 0 Å². The number of hydrogen-bond donors (Lipinski definition) is 1. The van der Waals surface area contributed by atoms with Crippen LogP contribution in [-0.2, 0) is 9.53 Å². The van der Waals surface area contributed by atoms with Gasteiger partial charge in [-0.05, 0) is 44.7 Å². The van der Waals surface area contributed by atoms with Crippen LogP contribution in [0.5, 0.6) is 0 Å². The second kappa shape index (κ2) is 6.02. The lowest BCUT2D eigenvalue weighted by Gasteiger charge is -2.22. The zero-order chi connectivity index (χ0) is 10.4. The van der Waals surface area contributed by atoms with Gasteiger partial charge < -0.3 is 10.1 Å². The van der Waals surface area contributed by atoms with Crippen molar-refractivity contribution in [1.82, 2.24) is 5.32 Å². The molecule has 0 amide bonds. The summed E-state index contributed by atoms with van der Waals surface area (Å²) in [6.45, 7) is 4.20. The quantitative estimate of drug-likeness (QED) is 0.701. The highest BCUT2D eigenvalue weighted by Gasteiger charge is 2.27. The minimum atomic E-state index is -0.0283. The third-order valence-electron chi connectivity index (χ3n) is 3.13. The molecule has 0 aromatic heterocycles. The molecule has 0 radical (unpaired) electrons. The Balaban J connectivity index is 2.52. The summed E-state index contributed by atoms with van der Waals surface area (Å²) >= 11 is 0. The molecule has 1 aliphatic rings. The van der Waals surface area contributed by atoms with Crippen LogP contribution < -0.4 is 5.32 Å². The first-order valence-electron chi connectivity index (χ1n) is 5.58. The molecule has 3 heteroatoms. The smallest absolute Gasteiger partial charge is 0.308 e. The molecule has 0 aliphatic carbocycles. The minimum Gasteiger partial charge on any atom is -0.469 e. The maximum Gasteiger partial charge on any atom is 0.308 e. The zero-order valence-electron chi connectivity index (χ0n) is 9.21. The first-order valence-corrected chi connectivity index (χ1v) is 5.58. The maximum atomic E-state index is 11.5. The minimum absolute atomic E-state index is 0.0283. The van der Waals surface area contributed by atoms with E-state index >= 15 is 0 Å². The fraction of sp³-hybridized carbons (Fsp3) is 0.909. The Kier molecular flexibility index (Phi) is 4.94. The molecule has 0 spiro atoms. The van der Waals surface area contributed by atoms with E-state index in [1.165, 1.54) is 13.5 Å². The van der Waals surface area contributed by atoms with Crippen molar-refractivity contribution in [2.45, 2.75) is 32.6 Å². The van der Waals surface area contributed by atoms with Crippen LogP contribution in [0.1, 0.15) is 32.6 Å². The number of carbonyl (C=O) groups excluding carboxylic acids is 1.